The van der Waals surface area contributed by atoms with E-state index in [-0.39, 0.29) is 0 Å². The van der Waals surface area contributed by atoms with Gasteiger partial charge in [-0.15, -0.1) is 0 Å². The lowest BCUT2D eigenvalue weighted by Crippen LogP contribution is -1.98. The Labute approximate surface area is 118 Å². The fourth-order valence-electron chi connectivity index (χ4n) is 1.50. The van der Waals surface area contributed by atoms with Crippen LogP contribution >= 0.6 is 27.5 Å². The number of nitrogen functional groups attached to an aromatic ring is 1. The van der Waals surface area contributed by atoms with Crippen molar-refractivity contribution in [2.75, 3.05) is 11.1 Å². The molecule has 0 saturated heterocycles. The van der Waals surface area contributed by atoms with Crippen LogP contribution in [0.1, 0.15) is 5.56 Å². The number of nitrogens with zero attached hydrogens (tertiary/aromatic N) is 1. The SMILES string of the molecule is N#Cc1ccc(Br)cc1Nc1cc(Cl)ccc1N. The lowest BCUT2D eigenvalue weighted by Gasteiger charge is -2.11. The molecule has 0 aromatic heterocycles. The van der Waals surface area contributed by atoms with Crippen LogP contribution in [0.25, 0.3) is 0 Å². The second-order valence-corrected chi connectivity index (χ2v) is 5.01. The van der Waals surface area contributed by atoms with Crippen molar-refractivity contribution in [2.24, 2.45) is 0 Å². The highest BCUT2D eigenvalue weighted by atomic mass is 79.9. The third kappa shape index (κ3) is 2.76. The highest BCUT2D eigenvalue weighted by Crippen LogP contribution is 2.29. The van der Waals surface area contributed by atoms with Crippen molar-refractivity contribution < 1.29 is 0 Å². The topological polar surface area (TPSA) is 61.8 Å². The van der Waals surface area contributed by atoms with Crippen LogP contribution in [0.15, 0.2) is 40.9 Å². The van der Waals surface area contributed by atoms with Crippen LogP contribution in [-0.2, 0) is 0 Å². The largest absolute Gasteiger partial charge is 0.397 e. The number of anilines is 3. The number of nitrogens with two attached hydrogens (primary N) is 1. The summed E-state index contributed by atoms with van der Waals surface area (Å²) < 4.78 is 0.879. The van der Waals surface area contributed by atoms with Gasteiger partial charge < -0.3 is 11.1 Å². The molecule has 3 nitrogen and oxygen atoms in total. The fourth-order valence-corrected chi connectivity index (χ4v) is 2.03. The van der Waals surface area contributed by atoms with Crippen molar-refractivity contribution in [3.8, 4) is 6.07 Å². The second-order valence-electron chi connectivity index (χ2n) is 3.66. The van der Waals surface area contributed by atoms with Crippen LogP contribution in [0, 0.1) is 11.3 Å². The van der Waals surface area contributed by atoms with Crippen molar-refractivity contribution in [3.05, 3.63) is 51.5 Å². The molecule has 90 valence electrons. The molecule has 0 fully saturated rings. The molecule has 0 atom stereocenters. The molecule has 0 saturated carbocycles. The van der Waals surface area contributed by atoms with E-state index in [2.05, 4.69) is 27.3 Å². The molecule has 0 amide bonds. The number of hydrogen-bond donors (Lipinski definition) is 2. The molecule has 0 aliphatic heterocycles. The molecular weight excluding hydrogens is 314 g/mol. The van der Waals surface area contributed by atoms with Crippen molar-refractivity contribution in [3.63, 3.8) is 0 Å². The first-order valence-corrected chi connectivity index (χ1v) is 6.29. The number of nitriles is 1. The second kappa shape index (κ2) is 5.30. The maximum Gasteiger partial charge on any atom is 0.101 e. The molecule has 0 radical (unpaired) electrons. The molecule has 0 spiro atoms. The first kappa shape index (κ1) is 12.7. The summed E-state index contributed by atoms with van der Waals surface area (Å²) in [5.74, 6) is 0. The first-order chi connectivity index (χ1) is 8.60. The third-order valence-corrected chi connectivity index (χ3v) is 3.12. The van der Waals surface area contributed by atoms with E-state index in [1.54, 1.807) is 24.3 Å². The molecule has 0 aliphatic carbocycles. The van der Waals surface area contributed by atoms with Crippen molar-refractivity contribution in [1.29, 1.82) is 5.26 Å². The third-order valence-electron chi connectivity index (χ3n) is 2.39. The van der Waals surface area contributed by atoms with Crippen molar-refractivity contribution >= 4 is 44.6 Å². The van der Waals surface area contributed by atoms with Crippen molar-refractivity contribution in [2.45, 2.75) is 0 Å². The Morgan fingerprint density at radius 1 is 1.17 bits per heavy atom. The van der Waals surface area contributed by atoms with E-state index in [1.807, 2.05) is 12.1 Å². The molecule has 0 heterocycles. The monoisotopic (exact) mass is 321 g/mol. The molecule has 0 unspecified atom stereocenters. The predicted octanol–water partition coefficient (Wildman–Crippen LogP) is 4.30. The fraction of sp³-hybridized carbons (Fsp3) is 0. The molecule has 0 bridgehead atoms. The minimum absolute atomic E-state index is 0.539. The normalized spacial score (nSPS) is 9.83. The predicted molar refractivity (Wildman–Crippen MR) is 78.0 cm³/mol. The van der Waals surface area contributed by atoms with E-state index in [1.165, 1.54) is 0 Å². The smallest absolute Gasteiger partial charge is 0.101 e. The minimum atomic E-state index is 0.539. The molecule has 5 heteroatoms. The summed E-state index contributed by atoms with van der Waals surface area (Å²) in [4.78, 5) is 0. The van der Waals surface area contributed by atoms with Gasteiger partial charge in [0.25, 0.3) is 0 Å². The van der Waals surface area contributed by atoms with Gasteiger partial charge in [-0.25, -0.2) is 0 Å². The minimum Gasteiger partial charge on any atom is -0.397 e. The van der Waals surface area contributed by atoms with E-state index in [0.29, 0.717) is 27.6 Å². The Kier molecular flexibility index (Phi) is 3.75. The molecule has 3 N–H and O–H groups in total. The summed E-state index contributed by atoms with van der Waals surface area (Å²) in [7, 11) is 0. The van der Waals surface area contributed by atoms with Gasteiger partial charge in [0.2, 0.25) is 0 Å². The van der Waals surface area contributed by atoms with Crippen molar-refractivity contribution in [1.82, 2.24) is 0 Å². The Hall–Kier alpha value is -1.70. The average molecular weight is 323 g/mol. The van der Waals surface area contributed by atoms with Gasteiger partial charge in [0.15, 0.2) is 0 Å². The number of halogens is 2. The molecule has 2 rings (SSSR count). The molecular formula is C13H9BrClN3. The van der Waals surface area contributed by atoms with Gasteiger partial charge >= 0.3 is 0 Å². The lowest BCUT2D eigenvalue weighted by molar-refractivity contribution is 1.45. The van der Waals surface area contributed by atoms with Crippen LogP contribution in [0.4, 0.5) is 17.1 Å². The van der Waals surface area contributed by atoms with E-state index < -0.39 is 0 Å². The summed E-state index contributed by atoms with van der Waals surface area (Å²) in [5.41, 5.74) is 8.32. The van der Waals surface area contributed by atoms with Gasteiger partial charge in [0, 0.05) is 9.50 Å². The quantitative estimate of drug-likeness (QED) is 0.810. The highest BCUT2D eigenvalue weighted by Gasteiger charge is 2.06. The molecule has 2 aromatic carbocycles. The van der Waals surface area contributed by atoms with Crippen LogP contribution in [0.3, 0.4) is 0 Å². The standard InChI is InChI=1S/C13H9BrClN3/c14-9-2-1-8(7-16)12(5-9)18-13-6-10(15)3-4-11(13)17/h1-6,18H,17H2. The van der Waals surface area contributed by atoms with Gasteiger partial charge in [-0.05, 0) is 36.4 Å². The Bertz CT molecular complexity index is 635. The maximum atomic E-state index is 9.05. The molecule has 0 aliphatic rings. The van der Waals surface area contributed by atoms with Crippen LogP contribution in [0.5, 0.6) is 0 Å². The number of hydrogen-bond acceptors (Lipinski definition) is 3. The zero-order chi connectivity index (χ0) is 13.1. The molecule has 18 heavy (non-hydrogen) atoms. The van der Waals surface area contributed by atoms with E-state index >= 15 is 0 Å². The number of rotatable bonds is 2. The van der Waals surface area contributed by atoms with Gasteiger partial charge in [-0.3, -0.25) is 0 Å². The number of nitrogens with one attached hydrogen (secondary N) is 1. The van der Waals surface area contributed by atoms with Crippen LogP contribution < -0.4 is 11.1 Å². The van der Waals surface area contributed by atoms with Gasteiger partial charge in [0.1, 0.15) is 6.07 Å². The summed E-state index contributed by atoms with van der Waals surface area (Å²) in [5, 5.41) is 12.7. The summed E-state index contributed by atoms with van der Waals surface area (Å²) in [6.07, 6.45) is 0. The van der Waals surface area contributed by atoms with Gasteiger partial charge in [-0.1, -0.05) is 27.5 Å². The lowest BCUT2D eigenvalue weighted by atomic mass is 10.2. The number of benzene rings is 2. The Morgan fingerprint density at radius 3 is 2.67 bits per heavy atom. The van der Waals surface area contributed by atoms with Crippen LogP contribution in [0.2, 0.25) is 5.02 Å². The summed E-state index contributed by atoms with van der Waals surface area (Å²) in [6.45, 7) is 0. The van der Waals surface area contributed by atoms with E-state index in [4.69, 9.17) is 22.6 Å². The first-order valence-electron chi connectivity index (χ1n) is 5.12. The van der Waals surface area contributed by atoms with Crippen LogP contribution in [-0.4, -0.2) is 0 Å². The van der Waals surface area contributed by atoms with E-state index in [9.17, 15) is 0 Å². The highest BCUT2D eigenvalue weighted by molar-refractivity contribution is 9.10. The summed E-state index contributed by atoms with van der Waals surface area (Å²) in [6, 6.07) is 12.6. The zero-order valence-electron chi connectivity index (χ0n) is 9.24. The van der Waals surface area contributed by atoms with Gasteiger partial charge in [0.05, 0.1) is 22.6 Å². The Morgan fingerprint density at radius 2 is 1.94 bits per heavy atom. The molecule has 2 aromatic rings. The summed E-state index contributed by atoms with van der Waals surface area (Å²) >= 11 is 9.28. The zero-order valence-corrected chi connectivity index (χ0v) is 11.6. The Balaban J connectivity index is 2.43. The maximum absolute atomic E-state index is 9.05. The van der Waals surface area contributed by atoms with E-state index in [0.717, 1.165) is 4.47 Å². The van der Waals surface area contributed by atoms with Gasteiger partial charge in [-0.2, -0.15) is 5.26 Å². The average Bonchev–Trinajstić information content (AvgIpc) is 2.34.